The molecule has 1 aromatic rings. The van der Waals surface area contributed by atoms with Crippen LogP contribution in [0.2, 0.25) is 0 Å². The first-order chi connectivity index (χ1) is 8.00. The second-order valence-corrected chi connectivity index (χ2v) is 5.85. The number of hydrogen-bond donors (Lipinski definition) is 2. The van der Waals surface area contributed by atoms with Crippen LogP contribution in [-0.4, -0.2) is 21.6 Å². The van der Waals surface area contributed by atoms with Crippen LogP contribution in [-0.2, 0) is 17.8 Å². The molecule has 0 bridgehead atoms. The number of aryl methyl sites for hydroxylation is 1. The van der Waals surface area contributed by atoms with Crippen molar-refractivity contribution in [3.05, 3.63) is 16.1 Å². The van der Waals surface area contributed by atoms with E-state index in [9.17, 15) is 9.90 Å². The Bertz CT molecular complexity index is 406. The number of hydrogen-bond acceptors (Lipinski definition) is 4. The summed E-state index contributed by atoms with van der Waals surface area (Å²) < 4.78 is 0. The molecule has 94 valence electrons. The molecule has 0 aromatic carbocycles. The smallest absolute Gasteiger partial charge is 0.223 e. The van der Waals surface area contributed by atoms with Gasteiger partial charge in [0, 0.05) is 11.3 Å². The zero-order valence-electron chi connectivity index (χ0n) is 10.2. The van der Waals surface area contributed by atoms with Crippen LogP contribution in [0.1, 0.15) is 37.4 Å². The molecular formula is C12H18N2O2S. The molecule has 5 heteroatoms. The van der Waals surface area contributed by atoms with Crippen molar-refractivity contribution in [1.29, 1.82) is 0 Å². The highest BCUT2D eigenvalue weighted by Crippen LogP contribution is 2.37. The van der Waals surface area contributed by atoms with Crippen molar-refractivity contribution in [3.8, 4) is 0 Å². The molecule has 0 spiro atoms. The van der Waals surface area contributed by atoms with Crippen molar-refractivity contribution in [2.45, 2.75) is 45.3 Å². The second-order valence-electron chi connectivity index (χ2n) is 4.91. The minimum Gasteiger partial charge on any atom is -0.390 e. The Balaban J connectivity index is 1.77. The van der Waals surface area contributed by atoms with Crippen LogP contribution >= 0.6 is 11.3 Å². The van der Waals surface area contributed by atoms with Crippen molar-refractivity contribution in [2.24, 2.45) is 5.92 Å². The van der Waals surface area contributed by atoms with Crippen molar-refractivity contribution in [3.63, 3.8) is 0 Å². The molecule has 2 N–H and O–H groups in total. The summed E-state index contributed by atoms with van der Waals surface area (Å²) >= 11 is 1.63. The second kappa shape index (κ2) is 4.74. The number of carbonyl (C=O) groups is 1. The van der Waals surface area contributed by atoms with Gasteiger partial charge in [-0.2, -0.15) is 0 Å². The van der Waals surface area contributed by atoms with Crippen molar-refractivity contribution < 1.29 is 9.90 Å². The van der Waals surface area contributed by atoms with Gasteiger partial charge in [0.05, 0.1) is 22.8 Å². The maximum atomic E-state index is 11.7. The Hall–Kier alpha value is -0.940. The first kappa shape index (κ1) is 12.5. The van der Waals surface area contributed by atoms with Crippen LogP contribution in [0, 0.1) is 5.92 Å². The molecule has 0 unspecified atom stereocenters. The average Bonchev–Trinajstić information content (AvgIpc) is 2.70. The predicted octanol–water partition coefficient (Wildman–Crippen LogP) is 1.48. The zero-order chi connectivity index (χ0) is 12.5. The van der Waals surface area contributed by atoms with E-state index in [1.165, 1.54) is 0 Å². The van der Waals surface area contributed by atoms with Gasteiger partial charge in [-0.1, -0.05) is 6.92 Å². The Morgan fingerprint density at radius 2 is 2.41 bits per heavy atom. The monoisotopic (exact) mass is 254 g/mol. The summed E-state index contributed by atoms with van der Waals surface area (Å²) in [4.78, 5) is 16.1. The molecule has 1 aliphatic carbocycles. The van der Waals surface area contributed by atoms with Crippen LogP contribution in [0.25, 0.3) is 0 Å². The van der Waals surface area contributed by atoms with E-state index in [-0.39, 0.29) is 11.8 Å². The summed E-state index contributed by atoms with van der Waals surface area (Å²) in [5, 5.41) is 15.5. The summed E-state index contributed by atoms with van der Waals surface area (Å²) in [6.07, 6.45) is 2.07. The standard InChI is InChI=1S/C12H18N2O2S/c1-3-10-14-9(7-17-10)6-13-11(15)8-4-12(2,16)5-8/h7-8,16H,3-6H2,1-2H3,(H,13,15). The topological polar surface area (TPSA) is 62.2 Å². The number of aliphatic hydroxyl groups is 1. The molecule has 1 saturated carbocycles. The highest BCUT2D eigenvalue weighted by atomic mass is 32.1. The van der Waals surface area contributed by atoms with Gasteiger partial charge in [-0.15, -0.1) is 11.3 Å². The molecule has 0 aliphatic heterocycles. The van der Waals surface area contributed by atoms with Gasteiger partial charge in [0.2, 0.25) is 5.91 Å². The van der Waals surface area contributed by atoms with E-state index in [0.717, 1.165) is 17.1 Å². The zero-order valence-corrected chi connectivity index (χ0v) is 11.0. The number of amides is 1. The lowest BCUT2D eigenvalue weighted by molar-refractivity contribution is -0.139. The van der Waals surface area contributed by atoms with Crippen molar-refractivity contribution in [1.82, 2.24) is 10.3 Å². The minimum absolute atomic E-state index is 0.0302. The summed E-state index contributed by atoms with van der Waals surface area (Å²) in [6.45, 7) is 4.33. The number of nitrogens with zero attached hydrogens (tertiary/aromatic N) is 1. The molecule has 17 heavy (non-hydrogen) atoms. The molecule has 2 rings (SSSR count). The van der Waals surface area contributed by atoms with Crippen LogP contribution in [0.15, 0.2) is 5.38 Å². The van der Waals surface area contributed by atoms with Crippen molar-refractivity contribution >= 4 is 17.2 Å². The SMILES string of the molecule is CCc1nc(CNC(=O)C2CC(C)(O)C2)cs1. The maximum absolute atomic E-state index is 11.7. The van der Waals surface area contributed by atoms with Gasteiger partial charge in [0.15, 0.2) is 0 Å². The van der Waals surface area contributed by atoms with Gasteiger partial charge >= 0.3 is 0 Å². The number of carbonyl (C=O) groups excluding carboxylic acids is 1. The van der Waals surface area contributed by atoms with E-state index in [1.54, 1.807) is 18.3 Å². The maximum Gasteiger partial charge on any atom is 0.223 e. The number of rotatable bonds is 4. The first-order valence-corrected chi connectivity index (χ1v) is 6.81. The van der Waals surface area contributed by atoms with E-state index in [1.807, 2.05) is 5.38 Å². The molecule has 1 fully saturated rings. The molecular weight excluding hydrogens is 236 g/mol. The fourth-order valence-corrected chi connectivity index (χ4v) is 2.85. The average molecular weight is 254 g/mol. The van der Waals surface area contributed by atoms with Gasteiger partial charge in [0.1, 0.15) is 0 Å². The van der Waals surface area contributed by atoms with Crippen LogP contribution in [0.3, 0.4) is 0 Å². The predicted molar refractivity (Wildman–Crippen MR) is 66.7 cm³/mol. The van der Waals surface area contributed by atoms with E-state index in [0.29, 0.717) is 19.4 Å². The summed E-state index contributed by atoms with van der Waals surface area (Å²) in [7, 11) is 0. The van der Waals surface area contributed by atoms with E-state index in [2.05, 4.69) is 17.2 Å². The lowest BCUT2D eigenvalue weighted by Gasteiger charge is -2.39. The lowest BCUT2D eigenvalue weighted by atomic mass is 9.72. The first-order valence-electron chi connectivity index (χ1n) is 5.93. The molecule has 1 aliphatic rings. The normalized spacial score (nSPS) is 27.6. The third kappa shape index (κ3) is 3.04. The molecule has 1 heterocycles. The Morgan fingerprint density at radius 1 is 1.71 bits per heavy atom. The molecule has 0 saturated heterocycles. The van der Waals surface area contributed by atoms with E-state index >= 15 is 0 Å². The van der Waals surface area contributed by atoms with E-state index in [4.69, 9.17) is 0 Å². The summed E-state index contributed by atoms with van der Waals surface area (Å²) in [5.74, 6) is -0.00291. The third-order valence-corrected chi connectivity index (χ3v) is 4.13. The molecule has 1 amide bonds. The number of nitrogens with one attached hydrogen (secondary N) is 1. The van der Waals surface area contributed by atoms with Crippen molar-refractivity contribution in [2.75, 3.05) is 0 Å². The highest BCUT2D eigenvalue weighted by Gasteiger charge is 2.42. The van der Waals surface area contributed by atoms with Gasteiger partial charge in [-0.25, -0.2) is 4.98 Å². The Kier molecular flexibility index (Phi) is 3.49. The van der Waals surface area contributed by atoms with E-state index < -0.39 is 5.60 Å². The quantitative estimate of drug-likeness (QED) is 0.855. The van der Waals surface area contributed by atoms with Crippen LogP contribution in [0.4, 0.5) is 0 Å². The van der Waals surface area contributed by atoms with Crippen LogP contribution < -0.4 is 5.32 Å². The largest absolute Gasteiger partial charge is 0.390 e. The lowest BCUT2D eigenvalue weighted by Crippen LogP contribution is -2.48. The number of aromatic nitrogens is 1. The summed E-state index contributed by atoms with van der Waals surface area (Å²) in [6, 6.07) is 0. The minimum atomic E-state index is -0.641. The fourth-order valence-electron chi connectivity index (χ4n) is 2.10. The fraction of sp³-hybridized carbons (Fsp3) is 0.667. The third-order valence-electron chi connectivity index (χ3n) is 3.09. The molecule has 0 atom stereocenters. The van der Waals surface area contributed by atoms with Gasteiger partial charge in [-0.05, 0) is 26.2 Å². The van der Waals surface area contributed by atoms with Gasteiger partial charge < -0.3 is 10.4 Å². The van der Waals surface area contributed by atoms with Gasteiger partial charge in [0.25, 0.3) is 0 Å². The highest BCUT2D eigenvalue weighted by molar-refractivity contribution is 7.09. The summed E-state index contributed by atoms with van der Waals surface area (Å²) in [5.41, 5.74) is 0.282. The Morgan fingerprint density at radius 3 is 2.94 bits per heavy atom. The number of thiazole rings is 1. The Labute approximate surface area is 105 Å². The molecule has 0 radical (unpaired) electrons. The molecule has 1 aromatic heterocycles. The molecule has 4 nitrogen and oxygen atoms in total. The van der Waals surface area contributed by atoms with Crippen LogP contribution in [0.5, 0.6) is 0 Å². The van der Waals surface area contributed by atoms with Gasteiger partial charge in [-0.3, -0.25) is 4.79 Å².